The van der Waals surface area contributed by atoms with Crippen molar-refractivity contribution in [2.75, 3.05) is 0 Å². The van der Waals surface area contributed by atoms with Gasteiger partial charge in [0.15, 0.2) is 0 Å². The fourth-order valence-corrected chi connectivity index (χ4v) is 0.899. The van der Waals surface area contributed by atoms with Gasteiger partial charge in [-0.3, -0.25) is 9.59 Å². The summed E-state index contributed by atoms with van der Waals surface area (Å²) in [6, 6.07) is 1.49. The number of halogens is 1. The number of aldehydes is 1. The molecule has 4 heteroatoms. The van der Waals surface area contributed by atoms with Gasteiger partial charge in [0.2, 0.25) is 0 Å². The summed E-state index contributed by atoms with van der Waals surface area (Å²) >= 11 is 5.53. The van der Waals surface area contributed by atoms with E-state index in [0.29, 0.717) is 11.8 Å². The molecule has 1 aromatic heterocycles. The van der Waals surface area contributed by atoms with Crippen molar-refractivity contribution in [3.05, 3.63) is 39.3 Å². The average molecular weight is 184 g/mol. The molecule has 12 heavy (non-hydrogen) atoms. The first kappa shape index (κ1) is 8.74. The number of pyridine rings is 1. The Morgan fingerprint density at radius 2 is 2.25 bits per heavy atom. The zero-order chi connectivity index (χ0) is 8.97. The van der Waals surface area contributed by atoms with E-state index >= 15 is 0 Å². The Balaban J connectivity index is 3.05. The Bertz CT molecular complexity index is 368. The number of allylic oxidation sites excluding steroid dienone is 1. The van der Waals surface area contributed by atoms with Crippen LogP contribution in [0.15, 0.2) is 23.1 Å². The van der Waals surface area contributed by atoms with Gasteiger partial charge in [0, 0.05) is 6.20 Å². The van der Waals surface area contributed by atoms with Crippen molar-refractivity contribution in [1.82, 2.24) is 4.98 Å². The number of carbonyl (C=O) groups is 1. The molecule has 62 valence electrons. The van der Waals surface area contributed by atoms with E-state index in [1.54, 1.807) is 6.08 Å². The molecule has 1 rings (SSSR count). The van der Waals surface area contributed by atoms with E-state index in [4.69, 9.17) is 11.6 Å². The molecule has 0 atom stereocenters. The van der Waals surface area contributed by atoms with Gasteiger partial charge in [-0.05, 0) is 17.7 Å². The molecule has 0 aromatic carbocycles. The largest absolute Gasteiger partial charge is 0.327 e. The summed E-state index contributed by atoms with van der Waals surface area (Å²) in [7, 11) is 0. The highest BCUT2D eigenvalue weighted by molar-refractivity contribution is 6.30. The molecule has 3 nitrogen and oxygen atoms in total. The minimum absolute atomic E-state index is 0.114. The molecular formula is C8H6ClNO2. The van der Waals surface area contributed by atoms with E-state index in [-0.39, 0.29) is 10.6 Å². The first-order chi connectivity index (χ1) is 5.74. The molecule has 0 amide bonds. The molecule has 1 N–H and O–H groups in total. The average Bonchev–Trinajstić information content (AvgIpc) is 2.07. The fraction of sp³-hybridized carbons (Fsp3) is 0. The van der Waals surface area contributed by atoms with Gasteiger partial charge >= 0.3 is 0 Å². The second kappa shape index (κ2) is 3.88. The number of carbonyl (C=O) groups excluding carboxylic acids is 1. The first-order valence-electron chi connectivity index (χ1n) is 3.24. The summed E-state index contributed by atoms with van der Waals surface area (Å²) in [6.07, 6.45) is 5.01. The zero-order valence-corrected chi connectivity index (χ0v) is 6.84. The Hall–Kier alpha value is -1.35. The van der Waals surface area contributed by atoms with Crippen LogP contribution in [0.25, 0.3) is 6.08 Å². The number of nitrogens with one attached hydrogen (secondary N) is 1. The number of aromatic nitrogens is 1. The maximum Gasteiger partial charge on any atom is 0.266 e. The molecule has 0 saturated carbocycles. The summed E-state index contributed by atoms with van der Waals surface area (Å²) in [5.41, 5.74) is 0.353. The van der Waals surface area contributed by atoms with Crippen molar-refractivity contribution in [3.8, 4) is 0 Å². The molecule has 0 unspecified atom stereocenters. The normalized spacial score (nSPS) is 10.4. The smallest absolute Gasteiger partial charge is 0.266 e. The second-order valence-electron chi connectivity index (χ2n) is 2.11. The third-order valence-corrected chi connectivity index (χ3v) is 1.53. The molecule has 0 bridgehead atoms. The van der Waals surface area contributed by atoms with Crippen molar-refractivity contribution < 1.29 is 4.79 Å². The van der Waals surface area contributed by atoms with Crippen molar-refractivity contribution in [2.24, 2.45) is 0 Å². The Labute approximate surface area is 73.7 Å². The second-order valence-corrected chi connectivity index (χ2v) is 2.51. The Kier molecular flexibility index (Phi) is 2.82. The minimum Gasteiger partial charge on any atom is -0.327 e. The highest BCUT2D eigenvalue weighted by atomic mass is 35.5. The quantitative estimate of drug-likeness (QED) is 0.554. The summed E-state index contributed by atoms with van der Waals surface area (Å²) in [5.74, 6) is 0. The van der Waals surface area contributed by atoms with Gasteiger partial charge in [-0.1, -0.05) is 17.7 Å². The maximum absolute atomic E-state index is 10.8. The molecule has 1 heterocycles. The molecule has 0 spiro atoms. The van der Waals surface area contributed by atoms with Gasteiger partial charge in [0.05, 0.1) is 0 Å². The van der Waals surface area contributed by atoms with Crippen LogP contribution >= 0.6 is 11.6 Å². The lowest BCUT2D eigenvalue weighted by Gasteiger charge is -1.91. The molecule has 1 aromatic rings. The van der Waals surface area contributed by atoms with Crippen molar-refractivity contribution in [2.45, 2.75) is 0 Å². The summed E-state index contributed by atoms with van der Waals surface area (Å²) < 4.78 is 0. The van der Waals surface area contributed by atoms with Crippen LogP contribution in [0.1, 0.15) is 5.56 Å². The van der Waals surface area contributed by atoms with Crippen LogP contribution in [-0.4, -0.2) is 11.3 Å². The molecule has 0 aliphatic carbocycles. The van der Waals surface area contributed by atoms with Crippen molar-refractivity contribution in [3.63, 3.8) is 0 Å². The van der Waals surface area contributed by atoms with Crippen LogP contribution in [0.5, 0.6) is 0 Å². The number of H-pyrrole nitrogens is 1. The van der Waals surface area contributed by atoms with Gasteiger partial charge in [-0.15, -0.1) is 0 Å². The van der Waals surface area contributed by atoms with Crippen molar-refractivity contribution in [1.29, 1.82) is 0 Å². The van der Waals surface area contributed by atoms with Crippen LogP contribution in [0.3, 0.4) is 0 Å². The van der Waals surface area contributed by atoms with E-state index in [0.717, 1.165) is 0 Å². The number of hydrogen-bond acceptors (Lipinski definition) is 2. The SMILES string of the molecule is O=CC=Cc1c[nH]c(=O)c(Cl)c1. The minimum atomic E-state index is -0.333. The molecule has 0 aliphatic heterocycles. The lowest BCUT2D eigenvalue weighted by molar-refractivity contribution is -0.104. The number of rotatable bonds is 2. The van der Waals surface area contributed by atoms with Gasteiger partial charge in [-0.2, -0.15) is 0 Å². The number of aromatic amines is 1. The van der Waals surface area contributed by atoms with Crippen LogP contribution < -0.4 is 5.56 Å². The third kappa shape index (κ3) is 2.07. The van der Waals surface area contributed by atoms with E-state index in [1.807, 2.05) is 0 Å². The summed E-state index contributed by atoms with van der Waals surface area (Å²) in [6.45, 7) is 0. The fourth-order valence-electron chi connectivity index (χ4n) is 0.718. The molecule has 0 aliphatic rings. The van der Waals surface area contributed by atoms with Crippen LogP contribution in [-0.2, 0) is 4.79 Å². The van der Waals surface area contributed by atoms with Crippen LogP contribution in [0, 0.1) is 0 Å². The van der Waals surface area contributed by atoms with Gasteiger partial charge in [0.25, 0.3) is 5.56 Å². The monoisotopic (exact) mass is 183 g/mol. The predicted molar refractivity (Wildman–Crippen MR) is 47.2 cm³/mol. The highest BCUT2D eigenvalue weighted by Crippen LogP contribution is 2.04. The van der Waals surface area contributed by atoms with Gasteiger partial charge < -0.3 is 4.98 Å². The predicted octanol–water partition coefficient (Wildman–Crippen LogP) is 1.24. The van der Waals surface area contributed by atoms with Crippen LogP contribution in [0.4, 0.5) is 0 Å². The third-order valence-electron chi connectivity index (χ3n) is 1.25. The van der Waals surface area contributed by atoms with E-state index in [1.165, 1.54) is 18.3 Å². The van der Waals surface area contributed by atoms with Gasteiger partial charge in [0.1, 0.15) is 11.3 Å². The number of hydrogen-bond donors (Lipinski definition) is 1. The molecule has 0 saturated heterocycles. The van der Waals surface area contributed by atoms with E-state index in [2.05, 4.69) is 4.98 Å². The standard InChI is InChI=1S/C8H6ClNO2/c9-7-4-6(2-1-3-11)5-10-8(7)12/h1-5H,(H,10,12). The lowest BCUT2D eigenvalue weighted by atomic mass is 10.3. The molecule has 0 radical (unpaired) electrons. The Morgan fingerprint density at radius 1 is 1.50 bits per heavy atom. The molecular weight excluding hydrogens is 178 g/mol. The highest BCUT2D eigenvalue weighted by Gasteiger charge is 1.94. The van der Waals surface area contributed by atoms with Gasteiger partial charge in [-0.25, -0.2) is 0 Å². The van der Waals surface area contributed by atoms with Crippen molar-refractivity contribution >= 4 is 24.0 Å². The topological polar surface area (TPSA) is 49.9 Å². The summed E-state index contributed by atoms with van der Waals surface area (Å²) in [4.78, 5) is 23.1. The van der Waals surface area contributed by atoms with E-state index in [9.17, 15) is 9.59 Å². The first-order valence-corrected chi connectivity index (χ1v) is 3.62. The van der Waals surface area contributed by atoms with E-state index < -0.39 is 0 Å². The summed E-state index contributed by atoms with van der Waals surface area (Å²) in [5, 5.41) is 0.114. The Morgan fingerprint density at radius 3 is 2.83 bits per heavy atom. The van der Waals surface area contributed by atoms with Crippen LogP contribution in [0.2, 0.25) is 5.02 Å². The maximum atomic E-state index is 10.8. The zero-order valence-electron chi connectivity index (χ0n) is 6.08. The molecule has 0 fully saturated rings. The lowest BCUT2D eigenvalue weighted by Crippen LogP contribution is -2.04.